The Morgan fingerprint density at radius 1 is 1.00 bits per heavy atom. The Morgan fingerprint density at radius 3 is 2.20 bits per heavy atom. The fourth-order valence-corrected chi connectivity index (χ4v) is 2.18. The van der Waals surface area contributed by atoms with E-state index in [1.54, 1.807) is 0 Å². The third kappa shape index (κ3) is 6.95. The molecule has 0 atom stereocenters. The molecule has 0 unspecified atom stereocenters. The number of unbranched alkanes of at least 4 members (excludes halogenated alkanes) is 1. The summed E-state index contributed by atoms with van der Waals surface area (Å²) >= 11 is 0. The molecule has 6 nitrogen and oxygen atoms in total. The Labute approximate surface area is 147 Å². The van der Waals surface area contributed by atoms with E-state index in [1.807, 2.05) is 55.5 Å². The molecule has 5 N–H and O–H groups in total. The van der Waals surface area contributed by atoms with Gasteiger partial charge >= 0.3 is 0 Å². The zero-order chi connectivity index (χ0) is 18.1. The lowest BCUT2D eigenvalue weighted by molar-refractivity contribution is -0.116. The maximum Gasteiger partial charge on any atom is 0.224 e. The minimum Gasteiger partial charge on any atom is -0.457 e. The van der Waals surface area contributed by atoms with Gasteiger partial charge in [-0.2, -0.15) is 0 Å². The van der Waals surface area contributed by atoms with Gasteiger partial charge in [-0.15, -0.1) is 0 Å². The highest BCUT2D eigenvalue weighted by molar-refractivity contribution is 5.90. The van der Waals surface area contributed by atoms with Crippen molar-refractivity contribution in [3.63, 3.8) is 0 Å². The van der Waals surface area contributed by atoms with Gasteiger partial charge in [0.1, 0.15) is 11.5 Å². The van der Waals surface area contributed by atoms with Gasteiger partial charge in [0.15, 0.2) is 5.96 Å². The Bertz CT molecular complexity index is 705. The molecule has 0 bridgehead atoms. The highest BCUT2D eigenvalue weighted by Crippen LogP contribution is 2.23. The molecule has 132 valence electrons. The molecule has 0 fully saturated rings. The lowest BCUT2D eigenvalue weighted by Gasteiger charge is -2.08. The molecule has 0 radical (unpaired) electrons. The van der Waals surface area contributed by atoms with Crippen molar-refractivity contribution in [2.75, 3.05) is 11.9 Å². The van der Waals surface area contributed by atoms with E-state index in [0.29, 0.717) is 13.0 Å². The lowest BCUT2D eigenvalue weighted by atomic mass is 10.2. The summed E-state index contributed by atoms with van der Waals surface area (Å²) in [5.41, 5.74) is 12.4. The average molecular weight is 340 g/mol. The number of ether oxygens (including phenoxy) is 1. The van der Waals surface area contributed by atoms with E-state index >= 15 is 0 Å². The SMILES string of the molecule is Cc1ccc(Oc2ccc(NC(=O)CCCCN=C(N)N)cc2)cc1. The van der Waals surface area contributed by atoms with E-state index in [9.17, 15) is 4.79 Å². The molecule has 6 heteroatoms. The van der Waals surface area contributed by atoms with Gasteiger partial charge in [0.05, 0.1) is 0 Å². The Kier molecular flexibility index (Phi) is 6.83. The molecule has 0 aliphatic heterocycles. The first-order chi connectivity index (χ1) is 12.0. The van der Waals surface area contributed by atoms with Crippen LogP contribution in [-0.2, 0) is 4.79 Å². The number of aryl methyl sites for hydroxylation is 1. The number of anilines is 1. The van der Waals surface area contributed by atoms with Crippen LogP contribution in [-0.4, -0.2) is 18.4 Å². The van der Waals surface area contributed by atoms with E-state index in [0.717, 1.165) is 30.0 Å². The van der Waals surface area contributed by atoms with Crippen LogP contribution in [0.4, 0.5) is 5.69 Å². The van der Waals surface area contributed by atoms with E-state index in [-0.39, 0.29) is 11.9 Å². The van der Waals surface area contributed by atoms with E-state index in [4.69, 9.17) is 16.2 Å². The molecule has 2 aromatic carbocycles. The van der Waals surface area contributed by atoms with Gasteiger partial charge in [0.25, 0.3) is 0 Å². The van der Waals surface area contributed by atoms with Gasteiger partial charge in [-0.05, 0) is 56.2 Å². The Balaban J connectivity index is 1.76. The van der Waals surface area contributed by atoms with Crippen molar-refractivity contribution < 1.29 is 9.53 Å². The number of hydrogen-bond acceptors (Lipinski definition) is 3. The fourth-order valence-electron chi connectivity index (χ4n) is 2.18. The van der Waals surface area contributed by atoms with Gasteiger partial charge in [0, 0.05) is 18.7 Å². The number of aliphatic imine (C=N–C) groups is 1. The molecular formula is C19H24N4O2. The minimum atomic E-state index is -0.0306. The van der Waals surface area contributed by atoms with Crippen LogP contribution < -0.4 is 21.5 Å². The number of guanidine groups is 1. The molecule has 0 aliphatic carbocycles. The topological polar surface area (TPSA) is 103 Å². The average Bonchev–Trinajstić information content (AvgIpc) is 2.58. The number of rotatable bonds is 8. The third-order valence-corrected chi connectivity index (χ3v) is 3.50. The zero-order valence-electron chi connectivity index (χ0n) is 14.4. The summed E-state index contributed by atoms with van der Waals surface area (Å²) in [5, 5.41) is 2.86. The van der Waals surface area contributed by atoms with Crippen molar-refractivity contribution in [1.29, 1.82) is 0 Å². The second-order valence-corrected chi connectivity index (χ2v) is 5.75. The molecule has 2 aromatic rings. The van der Waals surface area contributed by atoms with E-state index in [1.165, 1.54) is 5.56 Å². The Morgan fingerprint density at radius 2 is 1.60 bits per heavy atom. The van der Waals surface area contributed by atoms with Gasteiger partial charge < -0.3 is 21.5 Å². The lowest BCUT2D eigenvalue weighted by Crippen LogP contribution is -2.23. The number of nitrogens with zero attached hydrogens (tertiary/aromatic N) is 1. The molecule has 0 aromatic heterocycles. The molecule has 1 amide bonds. The van der Waals surface area contributed by atoms with Gasteiger partial charge in [0.2, 0.25) is 5.91 Å². The second-order valence-electron chi connectivity index (χ2n) is 5.75. The standard InChI is InChI=1S/C19H24N4O2/c1-14-5-9-16(10-6-14)25-17-11-7-15(8-12-17)23-18(24)4-2-3-13-22-19(20)21/h5-12H,2-4,13H2,1H3,(H,23,24)(H4,20,21,22). The molecule has 0 saturated heterocycles. The predicted octanol–water partition coefficient (Wildman–Crippen LogP) is 3.17. The number of hydrogen-bond donors (Lipinski definition) is 3. The number of benzene rings is 2. The van der Waals surface area contributed by atoms with Crippen LogP contribution in [0.25, 0.3) is 0 Å². The summed E-state index contributed by atoms with van der Waals surface area (Å²) in [7, 11) is 0. The van der Waals surface area contributed by atoms with Gasteiger partial charge in [-0.3, -0.25) is 9.79 Å². The molecule has 0 spiro atoms. The van der Waals surface area contributed by atoms with Crippen molar-refractivity contribution in [2.45, 2.75) is 26.2 Å². The smallest absolute Gasteiger partial charge is 0.224 e. The van der Waals surface area contributed by atoms with Crippen molar-refractivity contribution in [2.24, 2.45) is 16.5 Å². The number of nitrogens with one attached hydrogen (secondary N) is 1. The van der Waals surface area contributed by atoms with Crippen LogP contribution in [0.5, 0.6) is 11.5 Å². The van der Waals surface area contributed by atoms with Crippen LogP contribution in [0.1, 0.15) is 24.8 Å². The van der Waals surface area contributed by atoms with Gasteiger partial charge in [-0.1, -0.05) is 17.7 Å². The summed E-state index contributed by atoms with van der Waals surface area (Å²) in [6.07, 6.45) is 1.94. The summed E-state index contributed by atoms with van der Waals surface area (Å²) in [4.78, 5) is 15.8. The number of nitrogens with two attached hydrogens (primary N) is 2. The van der Waals surface area contributed by atoms with Crippen LogP contribution in [0.15, 0.2) is 53.5 Å². The quantitative estimate of drug-likeness (QED) is 0.390. The van der Waals surface area contributed by atoms with Crippen molar-refractivity contribution >= 4 is 17.6 Å². The molecular weight excluding hydrogens is 316 g/mol. The largest absolute Gasteiger partial charge is 0.457 e. The molecule has 0 heterocycles. The maximum absolute atomic E-state index is 11.9. The van der Waals surface area contributed by atoms with Crippen molar-refractivity contribution in [3.05, 3.63) is 54.1 Å². The van der Waals surface area contributed by atoms with Crippen molar-refractivity contribution in [1.82, 2.24) is 0 Å². The normalized spacial score (nSPS) is 10.1. The Hall–Kier alpha value is -3.02. The minimum absolute atomic E-state index is 0.0306. The third-order valence-electron chi connectivity index (χ3n) is 3.50. The van der Waals surface area contributed by atoms with Crippen molar-refractivity contribution in [3.8, 4) is 11.5 Å². The van der Waals surface area contributed by atoms with Gasteiger partial charge in [-0.25, -0.2) is 0 Å². The second kappa shape index (κ2) is 9.32. The summed E-state index contributed by atoms with van der Waals surface area (Å²) in [5.74, 6) is 1.55. The first kappa shape index (κ1) is 18.3. The number of carbonyl (C=O) groups excluding carboxylic acids is 1. The zero-order valence-corrected chi connectivity index (χ0v) is 14.4. The highest BCUT2D eigenvalue weighted by Gasteiger charge is 2.03. The number of amides is 1. The number of carbonyl (C=O) groups is 1. The van der Waals surface area contributed by atoms with E-state index < -0.39 is 0 Å². The molecule has 0 aliphatic rings. The maximum atomic E-state index is 11.9. The monoisotopic (exact) mass is 340 g/mol. The van der Waals surface area contributed by atoms with E-state index in [2.05, 4.69) is 10.3 Å². The predicted molar refractivity (Wildman–Crippen MR) is 101 cm³/mol. The van der Waals surface area contributed by atoms with Crippen LogP contribution in [0, 0.1) is 6.92 Å². The molecule has 25 heavy (non-hydrogen) atoms. The molecule has 2 rings (SSSR count). The first-order valence-electron chi connectivity index (χ1n) is 8.23. The molecule has 0 saturated carbocycles. The van der Waals surface area contributed by atoms with Crippen LogP contribution >= 0.6 is 0 Å². The summed E-state index contributed by atoms with van der Waals surface area (Å²) in [6.45, 7) is 2.57. The fraction of sp³-hybridized carbons (Fsp3) is 0.263. The van der Waals surface area contributed by atoms with Crippen LogP contribution in [0.2, 0.25) is 0 Å². The highest BCUT2D eigenvalue weighted by atomic mass is 16.5. The summed E-state index contributed by atoms with van der Waals surface area (Å²) in [6, 6.07) is 15.1. The van der Waals surface area contributed by atoms with Crippen LogP contribution in [0.3, 0.4) is 0 Å². The summed E-state index contributed by atoms with van der Waals surface area (Å²) < 4.78 is 5.76. The first-order valence-corrected chi connectivity index (χ1v) is 8.23.